The SMILES string of the molecule is Cc1ccc(NC(=O)c2ccnc(C(=O)NCC(C)C)c2)c(Br)c1. The molecule has 126 valence electrons. The van der Waals surface area contributed by atoms with Crippen molar-refractivity contribution in [1.82, 2.24) is 10.3 Å². The fourth-order valence-electron chi connectivity index (χ4n) is 2.00. The highest BCUT2D eigenvalue weighted by Crippen LogP contribution is 2.23. The smallest absolute Gasteiger partial charge is 0.269 e. The summed E-state index contributed by atoms with van der Waals surface area (Å²) in [6.07, 6.45) is 1.46. The van der Waals surface area contributed by atoms with E-state index in [0.29, 0.717) is 23.7 Å². The number of hydrogen-bond acceptors (Lipinski definition) is 3. The predicted molar refractivity (Wildman–Crippen MR) is 98.2 cm³/mol. The van der Waals surface area contributed by atoms with E-state index in [4.69, 9.17) is 0 Å². The molecule has 0 spiro atoms. The van der Waals surface area contributed by atoms with Crippen LogP contribution in [0.3, 0.4) is 0 Å². The monoisotopic (exact) mass is 389 g/mol. The minimum atomic E-state index is -0.292. The van der Waals surface area contributed by atoms with E-state index < -0.39 is 0 Å². The molecule has 2 amide bonds. The van der Waals surface area contributed by atoms with Gasteiger partial charge in [-0.3, -0.25) is 14.6 Å². The van der Waals surface area contributed by atoms with Crippen molar-refractivity contribution in [2.45, 2.75) is 20.8 Å². The Kier molecular flexibility index (Phi) is 6.09. The average Bonchev–Trinajstić information content (AvgIpc) is 2.55. The molecule has 1 heterocycles. The second kappa shape index (κ2) is 8.06. The van der Waals surface area contributed by atoms with Crippen LogP contribution in [-0.2, 0) is 0 Å². The zero-order valence-corrected chi connectivity index (χ0v) is 15.5. The molecule has 0 saturated heterocycles. The van der Waals surface area contributed by atoms with E-state index in [0.717, 1.165) is 10.0 Å². The van der Waals surface area contributed by atoms with Gasteiger partial charge in [0, 0.05) is 22.8 Å². The summed E-state index contributed by atoms with van der Waals surface area (Å²) in [5, 5.41) is 5.61. The lowest BCUT2D eigenvalue weighted by molar-refractivity contribution is 0.0944. The first-order valence-electron chi connectivity index (χ1n) is 7.68. The second-order valence-electron chi connectivity index (χ2n) is 5.97. The first-order chi connectivity index (χ1) is 11.4. The molecule has 2 N–H and O–H groups in total. The number of pyridine rings is 1. The highest BCUT2D eigenvalue weighted by atomic mass is 79.9. The Hall–Kier alpha value is -2.21. The maximum absolute atomic E-state index is 12.4. The molecule has 0 saturated carbocycles. The Labute approximate surface area is 150 Å². The lowest BCUT2D eigenvalue weighted by Gasteiger charge is -2.10. The number of amides is 2. The summed E-state index contributed by atoms with van der Waals surface area (Å²) in [6, 6.07) is 8.74. The molecule has 0 aliphatic heterocycles. The van der Waals surface area contributed by atoms with E-state index in [9.17, 15) is 9.59 Å². The zero-order chi connectivity index (χ0) is 17.7. The Morgan fingerprint density at radius 1 is 1.17 bits per heavy atom. The molecule has 24 heavy (non-hydrogen) atoms. The maximum Gasteiger partial charge on any atom is 0.269 e. The normalized spacial score (nSPS) is 10.5. The van der Waals surface area contributed by atoms with Gasteiger partial charge in [-0.05, 0) is 58.6 Å². The Bertz CT molecular complexity index is 760. The van der Waals surface area contributed by atoms with E-state index >= 15 is 0 Å². The summed E-state index contributed by atoms with van der Waals surface area (Å²) in [5.41, 5.74) is 2.37. The number of carbonyl (C=O) groups is 2. The van der Waals surface area contributed by atoms with Crippen LogP contribution in [-0.4, -0.2) is 23.3 Å². The highest BCUT2D eigenvalue weighted by molar-refractivity contribution is 9.10. The second-order valence-corrected chi connectivity index (χ2v) is 6.83. The summed E-state index contributed by atoms with van der Waals surface area (Å²) in [4.78, 5) is 28.5. The number of nitrogens with zero attached hydrogens (tertiary/aromatic N) is 1. The number of carbonyl (C=O) groups excluding carboxylic acids is 2. The summed E-state index contributed by atoms with van der Waals surface area (Å²) < 4.78 is 0.805. The van der Waals surface area contributed by atoms with Crippen molar-refractivity contribution in [3.05, 3.63) is 57.8 Å². The molecule has 2 aromatic rings. The number of benzene rings is 1. The van der Waals surface area contributed by atoms with Crippen LogP contribution in [0.1, 0.15) is 40.3 Å². The molecule has 0 fully saturated rings. The van der Waals surface area contributed by atoms with Crippen LogP contribution in [0.4, 0.5) is 5.69 Å². The van der Waals surface area contributed by atoms with E-state index in [1.54, 1.807) is 6.07 Å². The third kappa shape index (κ3) is 4.89. The van der Waals surface area contributed by atoms with Crippen molar-refractivity contribution in [3.63, 3.8) is 0 Å². The Morgan fingerprint density at radius 3 is 2.58 bits per heavy atom. The van der Waals surface area contributed by atoms with Crippen molar-refractivity contribution in [3.8, 4) is 0 Å². The molecule has 6 heteroatoms. The first kappa shape index (κ1) is 18.1. The predicted octanol–water partition coefficient (Wildman–Crippen LogP) is 3.79. The van der Waals surface area contributed by atoms with Crippen LogP contribution in [0.5, 0.6) is 0 Å². The van der Waals surface area contributed by atoms with Crippen molar-refractivity contribution in [2.24, 2.45) is 5.92 Å². The van der Waals surface area contributed by atoms with E-state index in [1.807, 2.05) is 39.0 Å². The number of anilines is 1. The number of rotatable bonds is 5. The van der Waals surface area contributed by atoms with Gasteiger partial charge in [0.2, 0.25) is 0 Å². The Morgan fingerprint density at radius 2 is 1.92 bits per heavy atom. The van der Waals surface area contributed by atoms with Crippen LogP contribution in [0.25, 0.3) is 0 Å². The van der Waals surface area contributed by atoms with Gasteiger partial charge in [0.05, 0.1) is 5.69 Å². The topological polar surface area (TPSA) is 71.1 Å². The molecular weight excluding hydrogens is 370 g/mol. The van der Waals surface area contributed by atoms with Crippen LogP contribution in [0.15, 0.2) is 41.0 Å². The molecule has 5 nitrogen and oxygen atoms in total. The fourth-order valence-corrected chi connectivity index (χ4v) is 2.59. The summed E-state index contributed by atoms with van der Waals surface area (Å²) in [7, 11) is 0. The minimum Gasteiger partial charge on any atom is -0.350 e. The molecule has 0 radical (unpaired) electrons. The lowest BCUT2D eigenvalue weighted by Crippen LogP contribution is -2.28. The standard InChI is InChI=1S/C18H20BrN3O2/c1-11(2)10-21-18(24)16-9-13(6-7-20-16)17(23)22-15-5-4-12(3)8-14(15)19/h4-9,11H,10H2,1-3H3,(H,21,24)(H,22,23). The largest absolute Gasteiger partial charge is 0.350 e. The van der Waals surface area contributed by atoms with Gasteiger partial charge in [-0.2, -0.15) is 0 Å². The van der Waals surface area contributed by atoms with Gasteiger partial charge in [0.15, 0.2) is 0 Å². The van der Waals surface area contributed by atoms with Crippen molar-refractivity contribution >= 4 is 33.4 Å². The van der Waals surface area contributed by atoms with Crippen LogP contribution >= 0.6 is 15.9 Å². The number of aromatic nitrogens is 1. The molecule has 0 unspecified atom stereocenters. The number of hydrogen-bond donors (Lipinski definition) is 2. The molecule has 0 bridgehead atoms. The molecular formula is C18H20BrN3O2. The summed E-state index contributed by atoms with van der Waals surface area (Å²) in [6.45, 7) is 6.56. The fraction of sp³-hybridized carbons (Fsp3) is 0.278. The van der Waals surface area contributed by atoms with Crippen molar-refractivity contribution in [1.29, 1.82) is 0 Å². The first-order valence-corrected chi connectivity index (χ1v) is 8.48. The van der Waals surface area contributed by atoms with Crippen LogP contribution < -0.4 is 10.6 Å². The summed E-state index contributed by atoms with van der Waals surface area (Å²) >= 11 is 3.43. The van der Waals surface area contributed by atoms with Gasteiger partial charge in [0.25, 0.3) is 11.8 Å². The minimum absolute atomic E-state index is 0.228. The average molecular weight is 390 g/mol. The van der Waals surface area contributed by atoms with Crippen molar-refractivity contribution in [2.75, 3.05) is 11.9 Å². The third-order valence-electron chi connectivity index (χ3n) is 3.30. The van der Waals surface area contributed by atoms with Crippen molar-refractivity contribution < 1.29 is 9.59 Å². The van der Waals surface area contributed by atoms with E-state index in [1.165, 1.54) is 12.3 Å². The molecule has 0 atom stereocenters. The van der Waals surface area contributed by atoms with Gasteiger partial charge in [-0.1, -0.05) is 19.9 Å². The molecule has 1 aromatic carbocycles. The quantitative estimate of drug-likeness (QED) is 0.816. The van der Waals surface area contributed by atoms with Gasteiger partial charge in [-0.15, -0.1) is 0 Å². The summed E-state index contributed by atoms with van der Waals surface area (Å²) in [5.74, 6) is -0.228. The van der Waals surface area contributed by atoms with Gasteiger partial charge in [-0.25, -0.2) is 0 Å². The molecule has 0 aliphatic rings. The van der Waals surface area contributed by atoms with Crippen LogP contribution in [0.2, 0.25) is 0 Å². The number of aryl methyl sites for hydroxylation is 1. The van der Waals surface area contributed by atoms with Gasteiger partial charge < -0.3 is 10.6 Å². The molecule has 0 aliphatic carbocycles. The van der Waals surface area contributed by atoms with Crippen LogP contribution in [0, 0.1) is 12.8 Å². The molecule has 2 rings (SSSR count). The van der Waals surface area contributed by atoms with E-state index in [-0.39, 0.29) is 17.5 Å². The third-order valence-corrected chi connectivity index (χ3v) is 3.95. The van der Waals surface area contributed by atoms with Gasteiger partial charge >= 0.3 is 0 Å². The van der Waals surface area contributed by atoms with Gasteiger partial charge in [0.1, 0.15) is 5.69 Å². The molecule has 1 aromatic heterocycles. The Balaban J connectivity index is 2.12. The lowest BCUT2D eigenvalue weighted by atomic mass is 10.2. The van der Waals surface area contributed by atoms with E-state index in [2.05, 4.69) is 31.5 Å². The number of nitrogens with one attached hydrogen (secondary N) is 2. The highest BCUT2D eigenvalue weighted by Gasteiger charge is 2.13. The number of halogens is 1. The maximum atomic E-state index is 12.4. The zero-order valence-electron chi connectivity index (χ0n) is 13.9.